The Morgan fingerprint density at radius 3 is 2.60 bits per heavy atom. The van der Waals surface area contributed by atoms with Crippen molar-refractivity contribution in [1.82, 2.24) is 15.1 Å². The first-order valence-electron chi connectivity index (χ1n) is 7.02. The molecule has 102 valence electrons. The molecule has 2 aromatic rings. The van der Waals surface area contributed by atoms with Crippen LogP contribution in [0.4, 0.5) is 5.82 Å². The summed E-state index contributed by atoms with van der Waals surface area (Å²) in [7, 11) is 0. The van der Waals surface area contributed by atoms with Crippen molar-refractivity contribution in [2.75, 3.05) is 5.32 Å². The number of nitrogens with zero attached hydrogens (tertiary/aromatic N) is 2. The van der Waals surface area contributed by atoms with Crippen molar-refractivity contribution >= 4 is 11.7 Å². The summed E-state index contributed by atoms with van der Waals surface area (Å²) >= 11 is 0. The summed E-state index contributed by atoms with van der Waals surface area (Å²) in [5.74, 6) is 0.782. The summed E-state index contributed by atoms with van der Waals surface area (Å²) in [5.41, 5.74) is 1.30. The van der Waals surface area contributed by atoms with E-state index in [4.69, 9.17) is 0 Å². The summed E-state index contributed by atoms with van der Waals surface area (Å²) in [4.78, 5) is 12.3. The number of benzene rings is 1. The lowest BCUT2D eigenvalue weighted by molar-refractivity contribution is 0.0902. The highest BCUT2D eigenvalue weighted by molar-refractivity contribution is 6.01. The van der Waals surface area contributed by atoms with Crippen LogP contribution in [0.5, 0.6) is 0 Å². The fourth-order valence-electron chi connectivity index (χ4n) is 3.17. The minimum Gasteiger partial charge on any atom is -0.347 e. The zero-order valence-electron chi connectivity index (χ0n) is 11.1. The van der Waals surface area contributed by atoms with Crippen molar-refractivity contribution in [2.24, 2.45) is 0 Å². The molecule has 0 unspecified atom stereocenters. The number of carbonyl (C=O) groups is 1. The van der Waals surface area contributed by atoms with Crippen molar-refractivity contribution in [1.29, 1.82) is 0 Å². The van der Waals surface area contributed by atoms with Gasteiger partial charge in [0.2, 0.25) is 0 Å². The van der Waals surface area contributed by atoms with Gasteiger partial charge in [-0.3, -0.25) is 4.79 Å². The smallest absolute Gasteiger partial charge is 0.258 e. The molecule has 1 saturated carbocycles. The predicted molar refractivity (Wildman–Crippen MR) is 75.9 cm³/mol. The predicted octanol–water partition coefficient (Wildman–Crippen LogP) is 2.30. The Balaban J connectivity index is 1.81. The Bertz CT molecular complexity index is 656. The number of nitrogens with one attached hydrogen (secondary N) is 2. The first-order chi connectivity index (χ1) is 9.77. The van der Waals surface area contributed by atoms with Gasteiger partial charge < -0.3 is 10.6 Å². The molecule has 20 heavy (non-hydrogen) atoms. The fraction of sp³-hybridized carbons (Fsp3) is 0.333. The van der Waals surface area contributed by atoms with Crippen LogP contribution in [0.2, 0.25) is 0 Å². The van der Waals surface area contributed by atoms with Crippen molar-refractivity contribution in [3.8, 4) is 5.69 Å². The van der Waals surface area contributed by atoms with E-state index in [9.17, 15) is 4.79 Å². The molecule has 5 heteroatoms. The van der Waals surface area contributed by atoms with Crippen molar-refractivity contribution in [2.45, 2.75) is 31.3 Å². The molecule has 0 bridgehead atoms. The van der Waals surface area contributed by atoms with Crippen LogP contribution in [0.15, 0.2) is 36.5 Å². The molecule has 4 rings (SSSR count). The van der Waals surface area contributed by atoms with Crippen LogP contribution in [-0.2, 0) is 0 Å². The average molecular weight is 268 g/mol. The molecular formula is C15H16N4O. The Hall–Kier alpha value is -2.30. The Kier molecular flexibility index (Phi) is 2.36. The van der Waals surface area contributed by atoms with E-state index >= 15 is 0 Å². The summed E-state index contributed by atoms with van der Waals surface area (Å²) < 4.78 is 1.81. The molecule has 1 aliphatic carbocycles. The SMILES string of the molecule is O=C1NC2(CCCC2)Nc2c1cnn2-c1ccccc1. The van der Waals surface area contributed by atoms with Gasteiger partial charge in [-0.15, -0.1) is 0 Å². The van der Waals surface area contributed by atoms with Crippen LogP contribution in [0.1, 0.15) is 36.0 Å². The van der Waals surface area contributed by atoms with E-state index in [1.807, 2.05) is 35.0 Å². The van der Waals surface area contributed by atoms with Gasteiger partial charge in [-0.2, -0.15) is 5.10 Å². The lowest BCUT2D eigenvalue weighted by Crippen LogP contribution is -2.55. The minimum absolute atomic E-state index is 0.0252. The number of amides is 1. The van der Waals surface area contributed by atoms with Crippen molar-refractivity contribution in [3.05, 3.63) is 42.1 Å². The second-order valence-electron chi connectivity index (χ2n) is 5.52. The molecule has 0 atom stereocenters. The normalized spacial score (nSPS) is 19.5. The van der Waals surface area contributed by atoms with Crippen molar-refractivity contribution < 1.29 is 4.79 Å². The second kappa shape index (κ2) is 4.10. The van der Waals surface area contributed by atoms with E-state index in [0.717, 1.165) is 37.2 Å². The molecule has 1 aromatic heterocycles. The Morgan fingerprint density at radius 1 is 1.10 bits per heavy atom. The number of carbonyl (C=O) groups excluding carboxylic acids is 1. The van der Waals surface area contributed by atoms with Gasteiger partial charge in [0.25, 0.3) is 5.91 Å². The first kappa shape index (κ1) is 11.5. The molecule has 1 amide bonds. The lowest BCUT2D eigenvalue weighted by Gasteiger charge is -2.36. The fourth-order valence-corrected chi connectivity index (χ4v) is 3.17. The van der Waals surface area contributed by atoms with E-state index < -0.39 is 0 Å². The quantitative estimate of drug-likeness (QED) is 0.834. The van der Waals surface area contributed by atoms with Crippen LogP contribution >= 0.6 is 0 Å². The number of anilines is 1. The third-order valence-corrected chi connectivity index (χ3v) is 4.18. The maximum atomic E-state index is 12.3. The number of rotatable bonds is 1. The van der Waals surface area contributed by atoms with Gasteiger partial charge >= 0.3 is 0 Å². The second-order valence-corrected chi connectivity index (χ2v) is 5.52. The van der Waals surface area contributed by atoms with E-state index in [1.54, 1.807) is 6.20 Å². The summed E-state index contributed by atoms with van der Waals surface area (Å²) in [6.45, 7) is 0. The third-order valence-electron chi connectivity index (χ3n) is 4.18. The molecule has 1 fully saturated rings. The van der Waals surface area contributed by atoms with E-state index in [2.05, 4.69) is 15.7 Å². The summed E-state index contributed by atoms with van der Waals surface area (Å²) in [6, 6.07) is 9.89. The van der Waals surface area contributed by atoms with Crippen LogP contribution in [0.3, 0.4) is 0 Å². The Morgan fingerprint density at radius 2 is 1.85 bits per heavy atom. The topological polar surface area (TPSA) is 59.0 Å². The molecular weight excluding hydrogens is 252 g/mol. The van der Waals surface area contributed by atoms with Gasteiger partial charge in [-0.1, -0.05) is 18.2 Å². The highest BCUT2D eigenvalue weighted by Crippen LogP contribution is 2.36. The molecule has 0 saturated heterocycles. The number of fused-ring (bicyclic) bond motifs is 1. The van der Waals surface area contributed by atoms with Crippen LogP contribution < -0.4 is 10.6 Å². The maximum absolute atomic E-state index is 12.3. The molecule has 5 nitrogen and oxygen atoms in total. The number of para-hydroxylation sites is 1. The molecule has 2 heterocycles. The van der Waals surface area contributed by atoms with Gasteiger partial charge in [-0.05, 0) is 37.8 Å². The van der Waals surface area contributed by atoms with E-state index in [-0.39, 0.29) is 11.6 Å². The lowest BCUT2D eigenvalue weighted by atomic mass is 10.0. The van der Waals surface area contributed by atoms with Gasteiger partial charge in [0.05, 0.1) is 11.9 Å². The molecule has 2 N–H and O–H groups in total. The highest BCUT2D eigenvalue weighted by Gasteiger charge is 2.41. The number of aromatic nitrogens is 2. The standard InChI is InChI=1S/C15H16N4O/c20-14-12-10-16-19(11-6-2-1-3-7-11)13(12)17-15(18-14)8-4-5-9-15/h1-3,6-7,10,17H,4-5,8-9H2,(H,18,20). The van der Waals surface area contributed by atoms with Gasteiger partial charge in [0, 0.05) is 0 Å². The minimum atomic E-state index is -0.281. The number of hydrogen-bond donors (Lipinski definition) is 2. The average Bonchev–Trinajstić information content (AvgIpc) is 3.08. The maximum Gasteiger partial charge on any atom is 0.258 e. The molecule has 2 aliphatic rings. The third kappa shape index (κ3) is 1.62. The first-order valence-corrected chi connectivity index (χ1v) is 7.02. The monoisotopic (exact) mass is 268 g/mol. The van der Waals surface area contributed by atoms with Crippen LogP contribution in [0.25, 0.3) is 5.69 Å². The van der Waals surface area contributed by atoms with Crippen LogP contribution in [-0.4, -0.2) is 21.4 Å². The molecule has 1 aliphatic heterocycles. The Labute approximate surface area is 117 Å². The van der Waals surface area contributed by atoms with Gasteiger partial charge in [-0.25, -0.2) is 4.68 Å². The van der Waals surface area contributed by atoms with Gasteiger partial charge in [0.1, 0.15) is 17.0 Å². The molecule has 0 radical (unpaired) electrons. The molecule has 1 aromatic carbocycles. The largest absolute Gasteiger partial charge is 0.347 e. The highest BCUT2D eigenvalue weighted by atomic mass is 16.2. The summed E-state index contributed by atoms with van der Waals surface area (Å²) in [6.07, 6.45) is 5.85. The number of hydrogen-bond acceptors (Lipinski definition) is 3. The van der Waals surface area contributed by atoms with Crippen molar-refractivity contribution in [3.63, 3.8) is 0 Å². The van der Waals surface area contributed by atoms with Crippen LogP contribution in [0, 0.1) is 0 Å². The van der Waals surface area contributed by atoms with E-state index in [1.165, 1.54) is 0 Å². The van der Waals surface area contributed by atoms with Gasteiger partial charge in [0.15, 0.2) is 0 Å². The summed E-state index contributed by atoms with van der Waals surface area (Å²) in [5, 5.41) is 11.0. The zero-order valence-corrected chi connectivity index (χ0v) is 11.1. The molecule has 1 spiro atoms. The zero-order chi connectivity index (χ0) is 13.6. The van der Waals surface area contributed by atoms with E-state index in [0.29, 0.717) is 5.56 Å².